The van der Waals surface area contributed by atoms with Gasteiger partial charge in [-0.3, -0.25) is 4.79 Å². The van der Waals surface area contributed by atoms with Gasteiger partial charge < -0.3 is 18.9 Å². The topological polar surface area (TPSA) is 71.1 Å². The molecule has 224 valence electrons. The lowest BCUT2D eigenvalue weighted by molar-refractivity contribution is -0.140. The fourth-order valence-electron chi connectivity index (χ4n) is 5.64. The molecule has 0 heterocycles. The summed E-state index contributed by atoms with van der Waals surface area (Å²) in [5.74, 6) is 1.72. The monoisotopic (exact) mass is 572 g/mol. The van der Waals surface area contributed by atoms with E-state index in [1.807, 2.05) is 18.2 Å². The van der Waals surface area contributed by atoms with E-state index in [0.29, 0.717) is 30.3 Å². The Morgan fingerprint density at radius 1 is 0.810 bits per heavy atom. The van der Waals surface area contributed by atoms with E-state index in [2.05, 4.69) is 30.3 Å². The van der Waals surface area contributed by atoms with E-state index in [1.165, 1.54) is 57.5 Å². The number of rotatable bonds is 15. The van der Waals surface area contributed by atoms with E-state index >= 15 is 0 Å². The number of benzene rings is 3. The van der Waals surface area contributed by atoms with Crippen LogP contribution in [0.15, 0.2) is 72.8 Å². The maximum absolute atomic E-state index is 11.8. The molecule has 0 N–H and O–H groups in total. The van der Waals surface area contributed by atoms with Crippen molar-refractivity contribution in [2.24, 2.45) is 0 Å². The lowest BCUT2D eigenvalue weighted by Gasteiger charge is -2.22. The smallest absolute Gasteiger partial charge is 0.337 e. The standard InChI is InChI=1S/C36H44O6/c1-39-35(37)15-9-7-13-32(42-33-24-21-31(22-25-33)36(38)40-2)23-20-30-12-6-8-14-34(30)41-26-27-16-18-29(19-17-27)28-10-4-3-5-11-28/h6,8,12,14,16-19,21-22,24-25,28,32H,3-5,7,9-11,13,15,20,23,26H2,1-2H3. The highest BCUT2D eigenvalue weighted by Gasteiger charge is 2.16. The molecule has 42 heavy (non-hydrogen) atoms. The van der Waals surface area contributed by atoms with Crippen molar-refractivity contribution < 1.29 is 28.5 Å². The van der Waals surface area contributed by atoms with Crippen LogP contribution < -0.4 is 9.47 Å². The van der Waals surface area contributed by atoms with E-state index in [4.69, 9.17) is 18.9 Å². The number of ether oxygens (including phenoxy) is 4. The van der Waals surface area contributed by atoms with Gasteiger partial charge in [0, 0.05) is 6.42 Å². The van der Waals surface area contributed by atoms with Crippen LogP contribution in [-0.2, 0) is 27.3 Å². The summed E-state index contributed by atoms with van der Waals surface area (Å²) in [6, 6.07) is 24.2. The normalized spacial score (nSPS) is 14.1. The predicted molar refractivity (Wildman–Crippen MR) is 164 cm³/mol. The zero-order chi connectivity index (χ0) is 29.6. The molecule has 0 saturated heterocycles. The first kappa shape index (κ1) is 31.1. The largest absolute Gasteiger partial charge is 0.490 e. The van der Waals surface area contributed by atoms with Gasteiger partial charge in [-0.05, 0) is 97.9 Å². The number of para-hydroxylation sites is 1. The number of carbonyl (C=O) groups is 2. The summed E-state index contributed by atoms with van der Waals surface area (Å²) < 4.78 is 22.2. The van der Waals surface area contributed by atoms with Crippen LogP contribution in [0.1, 0.15) is 97.2 Å². The third-order valence-electron chi connectivity index (χ3n) is 8.12. The number of hydrogen-bond acceptors (Lipinski definition) is 6. The Morgan fingerprint density at radius 3 is 2.26 bits per heavy atom. The van der Waals surface area contributed by atoms with Crippen LogP contribution in [0.2, 0.25) is 0 Å². The summed E-state index contributed by atoms with van der Waals surface area (Å²) in [5.41, 5.74) is 4.25. The van der Waals surface area contributed by atoms with Gasteiger partial charge in [0.2, 0.25) is 0 Å². The molecule has 3 aromatic rings. The van der Waals surface area contributed by atoms with Gasteiger partial charge in [0.1, 0.15) is 18.1 Å². The molecule has 0 spiro atoms. The van der Waals surface area contributed by atoms with Crippen molar-refractivity contribution in [2.45, 2.75) is 89.3 Å². The molecule has 0 aliphatic heterocycles. The Bertz CT molecular complexity index is 1240. The van der Waals surface area contributed by atoms with Gasteiger partial charge in [0.05, 0.1) is 25.9 Å². The molecule has 6 nitrogen and oxygen atoms in total. The summed E-state index contributed by atoms with van der Waals surface area (Å²) in [6.45, 7) is 0.530. The van der Waals surface area contributed by atoms with Gasteiger partial charge >= 0.3 is 11.9 Å². The average molecular weight is 573 g/mol. The summed E-state index contributed by atoms with van der Waals surface area (Å²) in [7, 11) is 2.78. The summed E-state index contributed by atoms with van der Waals surface area (Å²) in [4.78, 5) is 23.4. The Morgan fingerprint density at radius 2 is 1.55 bits per heavy atom. The van der Waals surface area contributed by atoms with Crippen molar-refractivity contribution in [3.63, 3.8) is 0 Å². The van der Waals surface area contributed by atoms with Crippen LogP contribution in [0.5, 0.6) is 11.5 Å². The van der Waals surface area contributed by atoms with Crippen LogP contribution in [0, 0.1) is 0 Å². The number of unbranched alkanes of at least 4 members (excludes halogenated alkanes) is 1. The minimum absolute atomic E-state index is 0.0630. The Balaban J connectivity index is 1.35. The van der Waals surface area contributed by atoms with E-state index < -0.39 is 0 Å². The van der Waals surface area contributed by atoms with Crippen molar-refractivity contribution in [3.05, 3.63) is 95.1 Å². The zero-order valence-corrected chi connectivity index (χ0v) is 25.0. The fourth-order valence-corrected chi connectivity index (χ4v) is 5.64. The van der Waals surface area contributed by atoms with Crippen molar-refractivity contribution >= 4 is 11.9 Å². The van der Waals surface area contributed by atoms with E-state index in [9.17, 15) is 9.59 Å². The molecule has 0 amide bonds. The first-order chi connectivity index (χ1) is 20.6. The summed E-state index contributed by atoms with van der Waals surface area (Å²) in [5, 5.41) is 0. The van der Waals surface area contributed by atoms with Crippen LogP contribution in [0.3, 0.4) is 0 Å². The van der Waals surface area contributed by atoms with Crippen LogP contribution in [0.25, 0.3) is 0 Å². The van der Waals surface area contributed by atoms with Crippen LogP contribution in [0.4, 0.5) is 0 Å². The second kappa shape index (κ2) is 16.6. The Kier molecular flexibility index (Phi) is 12.3. The highest BCUT2D eigenvalue weighted by Crippen LogP contribution is 2.33. The molecule has 0 radical (unpaired) electrons. The highest BCUT2D eigenvalue weighted by atomic mass is 16.5. The zero-order valence-electron chi connectivity index (χ0n) is 25.0. The Labute approximate surface area is 250 Å². The molecular formula is C36H44O6. The van der Waals surface area contributed by atoms with E-state index in [1.54, 1.807) is 24.3 Å². The van der Waals surface area contributed by atoms with Crippen molar-refractivity contribution in [1.29, 1.82) is 0 Å². The highest BCUT2D eigenvalue weighted by molar-refractivity contribution is 5.89. The molecule has 4 rings (SSSR count). The molecule has 1 saturated carbocycles. The maximum atomic E-state index is 11.8. The number of carbonyl (C=O) groups excluding carboxylic acids is 2. The van der Waals surface area contributed by atoms with Crippen molar-refractivity contribution in [2.75, 3.05) is 14.2 Å². The molecule has 1 atom stereocenters. The molecule has 0 bridgehead atoms. The molecule has 1 aliphatic rings. The van der Waals surface area contributed by atoms with Gasteiger partial charge in [0.15, 0.2) is 0 Å². The quantitative estimate of drug-likeness (QED) is 0.135. The Hall–Kier alpha value is -3.80. The van der Waals surface area contributed by atoms with Gasteiger partial charge in [-0.25, -0.2) is 4.79 Å². The second-order valence-corrected chi connectivity index (χ2v) is 11.1. The first-order valence-corrected chi connectivity index (χ1v) is 15.3. The van der Waals surface area contributed by atoms with Gasteiger partial charge in [-0.1, -0.05) is 61.7 Å². The van der Waals surface area contributed by atoms with Gasteiger partial charge in [0.25, 0.3) is 0 Å². The number of esters is 2. The summed E-state index contributed by atoms with van der Waals surface area (Å²) in [6.07, 6.45) is 11.0. The first-order valence-electron chi connectivity index (χ1n) is 15.3. The summed E-state index contributed by atoms with van der Waals surface area (Å²) >= 11 is 0. The van der Waals surface area contributed by atoms with E-state index in [0.717, 1.165) is 43.4 Å². The third kappa shape index (κ3) is 9.64. The van der Waals surface area contributed by atoms with Crippen molar-refractivity contribution in [1.82, 2.24) is 0 Å². The maximum Gasteiger partial charge on any atom is 0.337 e. The molecular weight excluding hydrogens is 528 g/mol. The molecule has 3 aromatic carbocycles. The SMILES string of the molecule is COC(=O)CCCCC(CCc1ccccc1OCc1ccc(C2CCCCC2)cc1)Oc1ccc(C(=O)OC)cc1. The molecule has 6 heteroatoms. The number of methoxy groups -OCH3 is 2. The van der Waals surface area contributed by atoms with Crippen molar-refractivity contribution in [3.8, 4) is 11.5 Å². The predicted octanol–water partition coefficient (Wildman–Crippen LogP) is 8.21. The lowest BCUT2D eigenvalue weighted by atomic mass is 9.84. The second-order valence-electron chi connectivity index (χ2n) is 11.1. The third-order valence-corrected chi connectivity index (χ3v) is 8.12. The molecule has 1 unspecified atom stereocenters. The molecule has 1 fully saturated rings. The average Bonchev–Trinajstić information content (AvgIpc) is 3.05. The minimum atomic E-state index is -0.377. The fraction of sp³-hybridized carbons (Fsp3) is 0.444. The minimum Gasteiger partial charge on any atom is -0.490 e. The van der Waals surface area contributed by atoms with E-state index in [-0.39, 0.29) is 18.0 Å². The van der Waals surface area contributed by atoms with Gasteiger partial charge in [-0.15, -0.1) is 0 Å². The number of hydrogen-bond donors (Lipinski definition) is 0. The lowest BCUT2D eigenvalue weighted by Crippen LogP contribution is -2.18. The van der Waals surface area contributed by atoms with Crippen LogP contribution >= 0.6 is 0 Å². The molecule has 1 aliphatic carbocycles. The number of aryl methyl sites for hydroxylation is 1. The van der Waals surface area contributed by atoms with Crippen LogP contribution in [-0.4, -0.2) is 32.3 Å². The molecule has 0 aromatic heterocycles. The van der Waals surface area contributed by atoms with Gasteiger partial charge in [-0.2, -0.15) is 0 Å².